The number of hydrogen-bond acceptors (Lipinski definition) is 6. The first-order chi connectivity index (χ1) is 13.0. The van der Waals surface area contributed by atoms with Gasteiger partial charge in [-0.15, -0.1) is 0 Å². The minimum Gasteiger partial charge on any atom is -0.489 e. The van der Waals surface area contributed by atoms with E-state index in [0.717, 1.165) is 21.3 Å². The smallest absolute Gasteiger partial charge is 0.204 e. The number of aryl methyl sites for hydroxylation is 1. The van der Waals surface area contributed by atoms with Crippen LogP contribution in [0.3, 0.4) is 0 Å². The molecule has 0 aliphatic rings. The number of benzene rings is 2. The van der Waals surface area contributed by atoms with Gasteiger partial charge in [-0.2, -0.15) is 5.10 Å². The number of ether oxygens (including phenoxy) is 1. The lowest BCUT2D eigenvalue weighted by Crippen LogP contribution is -1.96. The predicted octanol–water partition coefficient (Wildman–Crippen LogP) is 5.44. The zero-order chi connectivity index (χ0) is 19.2. The van der Waals surface area contributed by atoms with Crippen molar-refractivity contribution < 1.29 is 9.53 Å². The number of nitrogens with zero attached hydrogens (tertiary/aromatic N) is 2. The Morgan fingerprint density at radius 2 is 2.07 bits per heavy atom. The molecule has 1 N–H and O–H groups in total. The number of carbonyl (C=O) groups excluding carboxylic acids is 1. The Kier molecular flexibility index (Phi) is 6.36. The quantitative estimate of drug-likeness (QED) is 0.299. The third kappa shape index (κ3) is 5.48. The standard InChI is InChI=1S/C20H18BrN3O2S/c1-13-19(14(2)25)27-20(23-13)24-22-11-16-4-3-5-18(10-16)26-12-15-6-8-17(21)9-7-15/h3-11H,12H2,1-2H3,(H,23,24)/b22-11+. The van der Waals surface area contributed by atoms with Gasteiger partial charge in [-0.25, -0.2) is 4.98 Å². The number of nitrogens with one attached hydrogen (secondary N) is 1. The number of aromatic nitrogens is 1. The van der Waals surface area contributed by atoms with E-state index >= 15 is 0 Å². The Morgan fingerprint density at radius 3 is 2.78 bits per heavy atom. The molecule has 0 aliphatic carbocycles. The summed E-state index contributed by atoms with van der Waals surface area (Å²) in [4.78, 5) is 16.4. The second-order valence-electron chi connectivity index (χ2n) is 5.85. The lowest BCUT2D eigenvalue weighted by Gasteiger charge is -2.07. The molecule has 0 bridgehead atoms. The number of Topliss-reactive ketones (excluding diaryl/α,β-unsaturated/α-hetero) is 1. The van der Waals surface area contributed by atoms with Gasteiger partial charge in [0.1, 0.15) is 12.4 Å². The Bertz CT molecular complexity index is 968. The Balaban J connectivity index is 1.59. The molecule has 0 unspecified atom stereocenters. The molecular formula is C20H18BrN3O2S. The van der Waals surface area contributed by atoms with E-state index in [9.17, 15) is 4.79 Å². The van der Waals surface area contributed by atoms with Crippen LogP contribution in [0, 0.1) is 6.92 Å². The predicted molar refractivity (Wildman–Crippen MR) is 113 cm³/mol. The first-order valence-electron chi connectivity index (χ1n) is 8.26. The van der Waals surface area contributed by atoms with Gasteiger partial charge in [-0.05, 0) is 42.3 Å². The zero-order valence-corrected chi connectivity index (χ0v) is 17.3. The Hall–Kier alpha value is -2.51. The van der Waals surface area contributed by atoms with Crippen LogP contribution in [0.15, 0.2) is 58.1 Å². The van der Waals surface area contributed by atoms with Crippen LogP contribution < -0.4 is 10.2 Å². The Labute approximate surface area is 170 Å². The van der Waals surface area contributed by atoms with Gasteiger partial charge in [-0.3, -0.25) is 10.2 Å². The summed E-state index contributed by atoms with van der Waals surface area (Å²) in [6.45, 7) is 3.85. The van der Waals surface area contributed by atoms with Crippen LogP contribution in [0.5, 0.6) is 5.75 Å². The second-order valence-corrected chi connectivity index (χ2v) is 7.76. The van der Waals surface area contributed by atoms with Gasteiger partial charge in [0.05, 0.1) is 16.8 Å². The summed E-state index contributed by atoms with van der Waals surface area (Å²) in [6, 6.07) is 15.7. The van der Waals surface area contributed by atoms with E-state index in [1.807, 2.05) is 55.5 Å². The van der Waals surface area contributed by atoms with Crippen LogP contribution in [0.4, 0.5) is 5.13 Å². The van der Waals surface area contributed by atoms with E-state index in [4.69, 9.17) is 4.74 Å². The number of thiazole rings is 1. The molecule has 0 saturated carbocycles. The van der Waals surface area contributed by atoms with Crippen molar-refractivity contribution in [3.63, 3.8) is 0 Å². The van der Waals surface area contributed by atoms with Crippen molar-refractivity contribution in [1.82, 2.24) is 4.98 Å². The lowest BCUT2D eigenvalue weighted by atomic mass is 10.2. The normalized spacial score (nSPS) is 10.9. The maximum atomic E-state index is 11.5. The first kappa shape index (κ1) is 19.3. The van der Waals surface area contributed by atoms with Crippen molar-refractivity contribution in [2.45, 2.75) is 20.5 Å². The van der Waals surface area contributed by atoms with Crippen LogP contribution >= 0.6 is 27.3 Å². The lowest BCUT2D eigenvalue weighted by molar-refractivity contribution is 0.102. The molecule has 0 aliphatic heterocycles. The number of halogens is 1. The van der Waals surface area contributed by atoms with Crippen LogP contribution in [-0.2, 0) is 6.61 Å². The summed E-state index contributed by atoms with van der Waals surface area (Å²) in [5.74, 6) is 0.781. The molecule has 0 radical (unpaired) electrons. The molecule has 0 fully saturated rings. The molecule has 5 nitrogen and oxygen atoms in total. The van der Waals surface area contributed by atoms with Crippen LogP contribution in [0.2, 0.25) is 0 Å². The summed E-state index contributed by atoms with van der Waals surface area (Å²) in [5.41, 5.74) is 5.58. The molecule has 0 spiro atoms. The van der Waals surface area contributed by atoms with Crippen molar-refractivity contribution in [3.8, 4) is 5.75 Å². The van der Waals surface area contributed by atoms with Crippen LogP contribution in [-0.4, -0.2) is 17.0 Å². The summed E-state index contributed by atoms with van der Waals surface area (Å²) >= 11 is 4.72. The minimum atomic E-state index is 0.0117. The highest BCUT2D eigenvalue weighted by Crippen LogP contribution is 2.23. The van der Waals surface area contributed by atoms with Crippen molar-refractivity contribution >= 4 is 44.4 Å². The number of anilines is 1. The fourth-order valence-electron chi connectivity index (χ4n) is 2.36. The SMILES string of the molecule is CC(=O)c1sc(N/N=C/c2cccc(OCc3ccc(Br)cc3)c2)nc1C. The van der Waals surface area contributed by atoms with Crippen LogP contribution in [0.25, 0.3) is 0 Å². The highest BCUT2D eigenvalue weighted by Gasteiger charge is 2.10. The second kappa shape index (κ2) is 8.92. The average Bonchev–Trinajstić information content (AvgIpc) is 3.02. The molecule has 27 heavy (non-hydrogen) atoms. The molecule has 138 valence electrons. The highest BCUT2D eigenvalue weighted by molar-refractivity contribution is 9.10. The molecule has 0 atom stereocenters. The topological polar surface area (TPSA) is 63.6 Å². The summed E-state index contributed by atoms with van der Waals surface area (Å²) in [5, 5.41) is 4.79. The molecule has 7 heteroatoms. The molecule has 0 saturated heterocycles. The maximum absolute atomic E-state index is 11.5. The van der Waals surface area contributed by atoms with Crippen molar-refractivity contribution in [1.29, 1.82) is 0 Å². The third-order valence-electron chi connectivity index (χ3n) is 3.67. The number of carbonyl (C=O) groups is 1. The molecule has 1 heterocycles. The number of rotatable bonds is 7. The average molecular weight is 444 g/mol. The van der Waals surface area contributed by atoms with E-state index in [1.165, 1.54) is 18.3 Å². The van der Waals surface area contributed by atoms with Crippen molar-refractivity contribution in [3.05, 3.63) is 74.7 Å². The monoisotopic (exact) mass is 443 g/mol. The van der Waals surface area contributed by atoms with E-state index in [1.54, 1.807) is 6.21 Å². The molecule has 1 aromatic heterocycles. The fraction of sp³-hybridized carbons (Fsp3) is 0.150. The van der Waals surface area contributed by atoms with Gasteiger partial charge >= 0.3 is 0 Å². The summed E-state index contributed by atoms with van der Waals surface area (Å²) in [6.07, 6.45) is 1.69. The van der Waals surface area contributed by atoms with Crippen LogP contribution in [0.1, 0.15) is 33.4 Å². The molecule has 3 rings (SSSR count). The molecular weight excluding hydrogens is 426 g/mol. The highest BCUT2D eigenvalue weighted by atomic mass is 79.9. The summed E-state index contributed by atoms with van der Waals surface area (Å²) < 4.78 is 6.88. The fourth-order valence-corrected chi connectivity index (χ4v) is 3.44. The molecule has 3 aromatic rings. The van der Waals surface area contributed by atoms with E-state index in [0.29, 0.717) is 22.3 Å². The third-order valence-corrected chi connectivity index (χ3v) is 5.36. The zero-order valence-electron chi connectivity index (χ0n) is 14.9. The van der Waals surface area contributed by atoms with E-state index in [-0.39, 0.29) is 5.78 Å². The van der Waals surface area contributed by atoms with Gasteiger partial charge in [0.25, 0.3) is 0 Å². The maximum Gasteiger partial charge on any atom is 0.204 e. The minimum absolute atomic E-state index is 0.0117. The van der Waals surface area contributed by atoms with Crippen molar-refractivity contribution in [2.75, 3.05) is 5.43 Å². The van der Waals surface area contributed by atoms with Gasteiger partial charge in [0.15, 0.2) is 5.78 Å². The van der Waals surface area contributed by atoms with E-state index < -0.39 is 0 Å². The number of hydrazone groups is 1. The van der Waals surface area contributed by atoms with Gasteiger partial charge < -0.3 is 4.74 Å². The van der Waals surface area contributed by atoms with Gasteiger partial charge in [0.2, 0.25) is 5.13 Å². The first-order valence-corrected chi connectivity index (χ1v) is 9.87. The van der Waals surface area contributed by atoms with E-state index in [2.05, 4.69) is 31.4 Å². The molecule has 0 amide bonds. The Morgan fingerprint density at radius 1 is 1.30 bits per heavy atom. The van der Waals surface area contributed by atoms with Crippen molar-refractivity contribution in [2.24, 2.45) is 5.10 Å². The largest absolute Gasteiger partial charge is 0.489 e. The number of ketones is 1. The van der Waals surface area contributed by atoms with Gasteiger partial charge in [0, 0.05) is 11.4 Å². The van der Waals surface area contributed by atoms with Gasteiger partial charge in [-0.1, -0.05) is 51.5 Å². The summed E-state index contributed by atoms with van der Waals surface area (Å²) in [7, 11) is 0. The number of hydrogen-bond donors (Lipinski definition) is 1. The molecule has 2 aromatic carbocycles.